The van der Waals surface area contributed by atoms with E-state index in [2.05, 4.69) is 9.98 Å². The number of aryl methyl sites for hydroxylation is 1. The molecule has 120 valence electrons. The van der Waals surface area contributed by atoms with Crippen molar-refractivity contribution in [1.82, 2.24) is 4.98 Å². The summed E-state index contributed by atoms with van der Waals surface area (Å²) in [5.41, 5.74) is 0.717. The third-order valence-electron chi connectivity index (χ3n) is 3.86. The summed E-state index contributed by atoms with van der Waals surface area (Å²) in [5.74, 6) is -0.209. The minimum Gasteiger partial charge on any atom is -0.291 e. The highest BCUT2D eigenvalue weighted by Gasteiger charge is 2.41. The molecule has 6 heteroatoms. The molecule has 0 bridgehead atoms. The molecule has 2 aromatic rings. The molecule has 1 aliphatic rings. The molecule has 0 saturated heterocycles. The van der Waals surface area contributed by atoms with Gasteiger partial charge in [0.25, 0.3) is 5.24 Å². The maximum atomic E-state index is 13.2. The van der Waals surface area contributed by atoms with Crippen molar-refractivity contribution in [2.45, 2.75) is 12.5 Å². The minimum absolute atomic E-state index is 0.209. The van der Waals surface area contributed by atoms with E-state index in [1.807, 2.05) is 6.92 Å². The number of pyridine rings is 1. The van der Waals surface area contributed by atoms with Gasteiger partial charge in [-0.15, -0.1) is 0 Å². The fourth-order valence-corrected chi connectivity index (χ4v) is 2.95. The van der Waals surface area contributed by atoms with Crippen LogP contribution in [-0.2, 0) is 5.54 Å². The number of aromatic nitrogens is 1. The first kappa shape index (κ1) is 16.6. The van der Waals surface area contributed by atoms with Crippen molar-refractivity contribution in [1.29, 1.82) is 0 Å². The SMILES string of the molecule is Cc1cc(Cl)ccc1C(=O)C1(c2ccc(C(=O)Cl)cn2)C=CC=N1. The van der Waals surface area contributed by atoms with Gasteiger partial charge in [0.2, 0.25) is 5.78 Å². The number of aliphatic imine (C=N–C) groups is 1. The summed E-state index contributed by atoms with van der Waals surface area (Å²) in [5, 5.41) is -0.0416. The normalized spacial score (nSPS) is 18.8. The van der Waals surface area contributed by atoms with Crippen LogP contribution in [0.4, 0.5) is 0 Å². The molecule has 1 unspecified atom stereocenters. The Balaban J connectivity index is 2.09. The fourth-order valence-electron chi connectivity index (χ4n) is 2.61. The highest BCUT2D eigenvalue weighted by atomic mass is 35.5. The van der Waals surface area contributed by atoms with Gasteiger partial charge in [-0.25, -0.2) is 0 Å². The monoisotopic (exact) mass is 358 g/mol. The molecule has 0 saturated carbocycles. The molecule has 2 heterocycles. The molecule has 1 aromatic carbocycles. The van der Waals surface area contributed by atoms with Crippen molar-refractivity contribution in [3.8, 4) is 0 Å². The summed E-state index contributed by atoms with van der Waals surface area (Å²) in [4.78, 5) is 33.0. The third-order valence-corrected chi connectivity index (χ3v) is 4.32. The Kier molecular flexibility index (Phi) is 4.35. The molecular weight excluding hydrogens is 347 g/mol. The molecule has 0 N–H and O–H groups in total. The molecule has 0 spiro atoms. The molecule has 1 aromatic heterocycles. The molecule has 1 aliphatic heterocycles. The molecule has 0 aliphatic carbocycles. The predicted molar refractivity (Wildman–Crippen MR) is 94.3 cm³/mol. The van der Waals surface area contributed by atoms with Crippen LogP contribution in [0.5, 0.6) is 0 Å². The van der Waals surface area contributed by atoms with Crippen LogP contribution < -0.4 is 0 Å². The molecule has 0 fully saturated rings. The quantitative estimate of drug-likeness (QED) is 0.609. The summed E-state index contributed by atoms with van der Waals surface area (Å²) in [7, 11) is 0. The standard InChI is InChI=1S/C18H12Cl2N2O2/c1-11-9-13(19)4-5-14(11)16(23)18(7-2-8-22-18)15-6-3-12(10-21-15)17(20)24/h2-10H,1H3. The predicted octanol–water partition coefficient (Wildman–Crippen LogP) is 4.14. The Bertz CT molecular complexity index is 874. The lowest BCUT2D eigenvalue weighted by Crippen LogP contribution is -2.32. The number of Topliss-reactive ketones (excluding diaryl/α,β-unsaturated/α-hetero) is 1. The third kappa shape index (κ3) is 2.79. The van der Waals surface area contributed by atoms with E-state index in [-0.39, 0.29) is 11.3 Å². The van der Waals surface area contributed by atoms with Crippen LogP contribution in [-0.4, -0.2) is 22.2 Å². The number of hydrogen-bond donors (Lipinski definition) is 0. The first-order chi connectivity index (χ1) is 11.4. The van der Waals surface area contributed by atoms with Crippen molar-refractivity contribution in [2.75, 3.05) is 0 Å². The lowest BCUT2D eigenvalue weighted by Gasteiger charge is -2.23. The lowest BCUT2D eigenvalue weighted by molar-refractivity contribution is 0.0920. The first-order valence-corrected chi connectivity index (χ1v) is 7.90. The van der Waals surface area contributed by atoms with Gasteiger partial charge in [0.1, 0.15) is 0 Å². The Hall–Kier alpha value is -2.30. The van der Waals surface area contributed by atoms with Crippen LogP contribution >= 0.6 is 23.2 Å². The Morgan fingerprint density at radius 2 is 1.96 bits per heavy atom. The van der Waals surface area contributed by atoms with E-state index in [4.69, 9.17) is 23.2 Å². The van der Waals surface area contributed by atoms with Gasteiger partial charge in [-0.2, -0.15) is 0 Å². The van der Waals surface area contributed by atoms with Crippen molar-refractivity contribution < 1.29 is 9.59 Å². The second-order valence-electron chi connectivity index (χ2n) is 5.40. The van der Waals surface area contributed by atoms with Gasteiger partial charge < -0.3 is 0 Å². The van der Waals surface area contributed by atoms with Crippen molar-refractivity contribution in [3.63, 3.8) is 0 Å². The second kappa shape index (κ2) is 6.30. The highest BCUT2D eigenvalue weighted by molar-refractivity contribution is 6.67. The van der Waals surface area contributed by atoms with E-state index in [0.29, 0.717) is 16.3 Å². The van der Waals surface area contributed by atoms with Crippen LogP contribution in [0, 0.1) is 6.92 Å². The van der Waals surface area contributed by atoms with Gasteiger partial charge in [0.05, 0.1) is 11.3 Å². The van der Waals surface area contributed by atoms with E-state index >= 15 is 0 Å². The number of hydrogen-bond acceptors (Lipinski definition) is 4. The molecule has 24 heavy (non-hydrogen) atoms. The van der Waals surface area contributed by atoms with E-state index in [9.17, 15) is 9.59 Å². The molecule has 3 rings (SSSR count). The largest absolute Gasteiger partial charge is 0.291 e. The maximum Gasteiger partial charge on any atom is 0.253 e. The summed E-state index contributed by atoms with van der Waals surface area (Å²) in [6.45, 7) is 1.82. The minimum atomic E-state index is -1.24. The van der Waals surface area contributed by atoms with Crippen LogP contribution in [0.1, 0.15) is 32.0 Å². The lowest BCUT2D eigenvalue weighted by atomic mass is 9.85. The summed E-state index contributed by atoms with van der Waals surface area (Å²) >= 11 is 11.4. The average Bonchev–Trinajstić information content (AvgIpc) is 3.05. The van der Waals surface area contributed by atoms with E-state index in [1.165, 1.54) is 12.3 Å². The molecule has 1 atom stereocenters. The zero-order valence-electron chi connectivity index (χ0n) is 12.7. The van der Waals surface area contributed by atoms with E-state index < -0.39 is 10.8 Å². The van der Waals surface area contributed by atoms with Gasteiger partial charge >= 0.3 is 0 Å². The van der Waals surface area contributed by atoms with Gasteiger partial charge in [-0.05, 0) is 66.6 Å². The van der Waals surface area contributed by atoms with E-state index in [0.717, 1.165) is 5.56 Å². The second-order valence-corrected chi connectivity index (χ2v) is 6.18. The first-order valence-electron chi connectivity index (χ1n) is 7.14. The van der Waals surface area contributed by atoms with E-state index in [1.54, 1.807) is 42.6 Å². The number of allylic oxidation sites excluding steroid dienone is 1. The smallest absolute Gasteiger partial charge is 0.253 e. The van der Waals surface area contributed by atoms with Gasteiger partial charge in [-0.1, -0.05) is 11.6 Å². The Labute approximate surface area is 148 Å². The van der Waals surface area contributed by atoms with Gasteiger partial charge in [-0.3, -0.25) is 19.6 Å². The van der Waals surface area contributed by atoms with Gasteiger partial charge in [0, 0.05) is 23.0 Å². The van der Waals surface area contributed by atoms with Gasteiger partial charge in [0.15, 0.2) is 5.54 Å². The zero-order chi connectivity index (χ0) is 17.3. The Morgan fingerprint density at radius 1 is 1.17 bits per heavy atom. The van der Waals surface area contributed by atoms with Crippen molar-refractivity contribution >= 4 is 40.4 Å². The summed E-state index contributed by atoms with van der Waals surface area (Å²) in [6, 6.07) is 8.20. The number of carbonyl (C=O) groups excluding carboxylic acids is 2. The summed E-state index contributed by atoms with van der Waals surface area (Å²) in [6.07, 6.45) is 6.29. The number of benzene rings is 1. The zero-order valence-corrected chi connectivity index (χ0v) is 14.2. The molecule has 0 radical (unpaired) electrons. The van der Waals surface area contributed by atoms with Crippen LogP contribution in [0.15, 0.2) is 53.7 Å². The average molecular weight is 359 g/mol. The van der Waals surface area contributed by atoms with Crippen LogP contribution in [0.25, 0.3) is 0 Å². The van der Waals surface area contributed by atoms with Crippen LogP contribution in [0.2, 0.25) is 5.02 Å². The highest BCUT2D eigenvalue weighted by Crippen LogP contribution is 2.34. The van der Waals surface area contributed by atoms with Crippen molar-refractivity contribution in [2.24, 2.45) is 4.99 Å². The number of nitrogens with zero attached hydrogens (tertiary/aromatic N) is 2. The number of halogens is 2. The fraction of sp³-hybridized carbons (Fsp3) is 0.111. The number of ketones is 1. The Morgan fingerprint density at radius 3 is 2.50 bits per heavy atom. The summed E-state index contributed by atoms with van der Waals surface area (Å²) < 4.78 is 0. The maximum absolute atomic E-state index is 13.2. The van der Waals surface area contributed by atoms with Crippen molar-refractivity contribution in [3.05, 3.63) is 76.1 Å². The molecule has 0 amide bonds. The molecular formula is C18H12Cl2N2O2. The topological polar surface area (TPSA) is 59.4 Å². The number of carbonyl (C=O) groups is 2. The van der Waals surface area contributed by atoms with Crippen LogP contribution in [0.3, 0.4) is 0 Å². The number of rotatable bonds is 4. The molecule has 4 nitrogen and oxygen atoms in total.